The Bertz CT molecular complexity index is 605. The Morgan fingerprint density at radius 3 is 2.57 bits per heavy atom. The van der Waals surface area contributed by atoms with Gasteiger partial charge in [0, 0.05) is 26.2 Å². The average Bonchev–Trinajstić information content (AvgIpc) is 2.49. The van der Waals surface area contributed by atoms with Gasteiger partial charge in [0.05, 0.1) is 0 Å². The van der Waals surface area contributed by atoms with E-state index in [1.807, 2.05) is 36.1 Å². The van der Waals surface area contributed by atoms with Gasteiger partial charge in [0.25, 0.3) is 5.91 Å². The van der Waals surface area contributed by atoms with Crippen molar-refractivity contribution in [2.24, 2.45) is 4.99 Å². The van der Waals surface area contributed by atoms with E-state index in [2.05, 4.69) is 15.6 Å². The molecule has 0 radical (unpaired) electrons. The Kier molecular flexibility index (Phi) is 3.70. The molecule has 0 aromatic heterocycles. The van der Waals surface area contributed by atoms with Crippen molar-refractivity contribution in [3.63, 3.8) is 0 Å². The second kappa shape index (κ2) is 5.65. The summed E-state index contributed by atoms with van der Waals surface area (Å²) < 4.78 is 0. The van der Waals surface area contributed by atoms with Crippen LogP contribution in [-0.2, 0) is 9.59 Å². The summed E-state index contributed by atoms with van der Waals surface area (Å²) in [5.74, 6) is -1.13. The highest BCUT2D eigenvalue weighted by Gasteiger charge is 2.35. The number of aryl methyl sites for hydroxylation is 1. The highest BCUT2D eigenvalue weighted by molar-refractivity contribution is 6.18. The van der Waals surface area contributed by atoms with E-state index < -0.39 is 5.92 Å². The molecule has 0 spiro atoms. The molecule has 1 fully saturated rings. The normalized spacial score (nSPS) is 22.8. The number of hydrogen-bond donors (Lipinski definition) is 2. The lowest BCUT2D eigenvalue weighted by molar-refractivity contribution is -0.130. The minimum Gasteiger partial charge on any atom is -0.340 e. The van der Waals surface area contributed by atoms with Gasteiger partial charge in [-0.25, -0.2) is 0 Å². The zero-order valence-corrected chi connectivity index (χ0v) is 11.9. The lowest BCUT2D eigenvalue weighted by atomic mass is 9.92. The van der Waals surface area contributed by atoms with E-state index in [1.165, 1.54) is 0 Å². The van der Waals surface area contributed by atoms with Gasteiger partial charge >= 0.3 is 0 Å². The van der Waals surface area contributed by atoms with Crippen molar-refractivity contribution in [3.8, 4) is 0 Å². The van der Waals surface area contributed by atoms with E-state index in [0.717, 1.165) is 37.3 Å². The van der Waals surface area contributed by atoms with E-state index in [4.69, 9.17) is 0 Å². The topological polar surface area (TPSA) is 73.8 Å². The highest BCUT2D eigenvalue weighted by atomic mass is 16.2. The fourth-order valence-electron chi connectivity index (χ4n) is 2.70. The second-order valence-corrected chi connectivity index (χ2v) is 5.29. The monoisotopic (exact) mass is 286 g/mol. The van der Waals surface area contributed by atoms with Crippen LogP contribution in [0.25, 0.3) is 0 Å². The highest BCUT2D eigenvalue weighted by Crippen LogP contribution is 2.23. The van der Waals surface area contributed by atoms with Gasteiger partial charge in [-0.1, -0.05) is 24.3 Å². The number of carbonyl (C=O) groups excluding carboxylic acids is 2. The second-order valence-electron chi connectivity index (χ2n) is 5.29. The zero-order valence-electron chi connectivity index (χ0n) is 11.9. The first kappa shape index (κ1) is 13.8. The third kappa shape index (κ3) is 2.67. The van der Waals surface area contributed by atoms with Crippen molar-refractivity contribution >= 4 is 17.8 Å². The van der Waals surface area contributed by atoms with Crippen molar-refractivity contribution in [3.05, 3.63) is 35.4 Å². The third-order valence-corrected chi connectivity index (χ3v) is 3.88. The van der Waals surface area contributed by atoms with Crippen LogP contribution in [0.4, 0.5) is 0 Å². The number of carbonyl (C=O) groups is 2. The maximum atomic E-state index is 12.4. The first-order valence-electron chi connectivity index (χ1n) is 7.11. The van der Waals surface area contributed by atoms with Crippen molar-refractivity contribution < 1.29 is 9.59 Å². The number of piperazine rings is 1. The Morgan fingerprint density at radius 1 is 1.19 bits per heavy atom. The number of amides is 2. The summed E-state index contributed by atoms with van der Waals surface area (Å²) in [6.45, 7) is 5.02. The Labute approximate surface area is 123 Å². The maximum Gasteiger partial charge on any atom is 0.265 e. The Balaban J connectivity index is 1.87. The number of aliphatic imine (C=N–C) groups is 1. The number of hydrogen-bond acceptors (Lipinski definition) is 4. The van der Waals surface area contributed by atoms with E-state index in [0.29, 0.717) is 5.96 Å². The lowest BCUT2D eigenvalue weighted by Crippen LogP contribution is -2.55. The molecule has 3 rings (SSSR count). The molecule has 2 N–H and O–H groups in total. The van der Waals surface area contributed by atoms with Crippen LogP contribution in [0.2, 0.25) is 0 Å². The van der Waals surface area contributed by atoms with E-state index in [-0.39, 0.29) is 11.8 Å². The minimum absolute atomic E-state index is 0.294. The van der Waals surface area contributed by atoms with Gasteiger partial charge in [-0.05, 0) is 18.1 Å². The predicted molar refractivity (Wildman–Crippen MR) is 78.9 cm³/mol. The molecule has 1 saturated heterocycles. The molecule has 1 aromatic rings. The third-order valence-electron chi connectivity index (χ3n) is 3.88. The number of benzene rings is 1. The molecule has 6 nitrogen and oxygen atoms in total. The standard InChI is InChI=1S/C15H18N4O2/c1-10-4-2-3-5-11(10)12-13(20)17-15(18-14(12)21)19-8-6-16-7-9-19/h2-5,12,16H,6-9H2,1H3,(H,17,18,20,21). The zero-order chi connectivity index (χ0) is 14.8. The van der Waals surface area contributed by atoms with Gasteiger partial charge in [-0.3, -0.25) is 14.9 Å². The van der Waals surface area contributed by atoms with Gasteiger partial charge in [0.15, 0.2) is 0 Å². The van der Waals surface area contributed by atoms with Gasteiger partial charge in [-0.2, -0.15) is 4.99 Å². The number of guanidine groups is 1. The molecule has 1 aromatic carbocycles. The Morgan fingerprint density at radius 2 is 1.90 bits per heavy atom. The summed E-state index contributed by atoms with van der Waals surface area (Å²) in [4.78, 5) is 30.7. The number of nitrogens with zero attached hydrogens (tertiary/aromatic N) is 2. The van der Waals surface area contributed by atoms with Crippen LogP contribution in [0, 0.1) is 6.92 Å². The maximum absolute atomic E-state index is 12.4. The predicted octanol–water partition coefficient (Wildman–Crippen LogP) is -0.00378. The van der Waals surface area contributed by atoms with Gasteiger partial charge in [0.1, 0.15) is 5.92 Å². The SMILES string of the molecule is Cc1ccccc1C1C(=O)N=C(N2CCNCC2)NC1=O. The number of rotatable bonds is 1. The smallest absolute Gasteiger partial charge is 0.265 e. The minimum atomic E-state index is -0.835. The molecule has 2 amide bonds. The van der Waals surface area contributed by atoms with Gasteiger partial charge < -0.3 is 10.2 Å². The van der Waals surface area contributed by atoms with Crippen molar-refractivity contribution in [2.75, 3.05) is 26.2 Å². The molecule has 21 heavy (non-hydrogen) atoms. The molecule has 0 bridgehead atoms. The summed E-state index contributed by atoms with van der Waals surface area (Å²) in [6.07, 6.45) is 0. The number of nitrogens with one attached hydrogen (secondary N) is 2. The first-order chi connectivity index (χ1) is 10.2. The molecule has 110 valence electrons. The molecule has 0 saturated carbocycles. The van der Waals surface area contributed by atoms with Crippen molar-refractivity contribution in [1.82, 2.24) is 15.5 Å². The van der Waals surface area contributed by atoms with Crippen molar-refractivity contribution in [2.45, 2.75) is 12.8 Å². The molecular weight excluding hydrogens is 268 g/mol. The van der Waals surface area contributed by atoms with Crippen LogP contribution in [-0.4, -0.2) is 48.9 Å². The van der Waals surface area contributed by atoms with Crippen LogP contribution < -0.4 is 10.6 Å². The fourth-order valence-corrected chi connectivity index (χ4v) is 2.70. The van der Waals surface area contributed by atoms with Gasteiger partial charge in [-0.15, -0.1) is 0 Å². The molecule has 0 aliphatic carbocycles. The van der Waals surface area contributed by atoms with Crippen LogP contribution in [0.15, 0.2) is 29.3 Å². The summed E-state index contributed by atoms with van der Waals surface area (Å²) in [7, 11) is 0. The molecule has 6 heteroatoms. The largest absolute Gasteiger partial charge is 0.340 e. The molecule has 2 aliphatic rings. The summed E-state index contributed by atoms with van der Waals surface area (Å²) in [6, 6.07) is 7.42. The molecule has 2 aliphatic heterocycles. The Hall–Kier alpha value is -2.21. The molecule has 1 atom stereocenters. The van der Waals surface area contributed by atoms with E-state index >= 15 is 0 Å². The van der Waals surface area contributed by atoms with Crippen LogP contribution in [0.1, 0.15) is 17.0 Å². The fraction of sp³-hybridized carbons (Fsp3) is 0.400. The van der Waals surface area contributed by atoms with Gasteiger partial charge in [0.2, 0.25) is 11.9 Å². The van der Waals surface area contributed by atoms with Crippen LogP contribution >= 0.6 is 0 Å². The first-order valence-corrected chi connectivity index (χ1v) is 7.11. The molecule has 2 heterocycles. The average molecular weight is 286 g/mol. The van der Waals surface area contributed by atoms with E-state index in [1.54, 1.807) is 0 Å². The van der Waals surface area contributed by atoms with E-state index in [9.17, 15) is 9.59 Å². The van der Waals surface area contributed by atoms with Crippen molar-refractivity contribution in [1.29, 1.82) is 0 Å². The van der Waals surface area contributed by atoms with Crippen LogP contribution in [0.3, 0.4) is 0 Å². The summed E-state index contributed by atoms with van der Waals surface area (Å²) in [5, 5.41) is 6.00. The van der Waals surface area contributed by atoms with Crippen LogP contribution in [0.5, 0.6) is 0 Å². The molecule has 1 unspecified atom stereocenters. The quantitative estimate of drug-likeness (QED) is 0.713. The lowest BCUT2D eigenvalue weighted by Gasteiger charge is -2.32. The molecular formula is C15H18N4O2. The summed E-state index contributed by atoms with van der Waals surface area (Å²) in [5.41, 5.74) is 1.65. The summed E-state index contributed by atoms with van der Waals surface area (Å²) >= 11 is 0.